The van der Waals surface area contributed by atoms with Gasteiger partial charge in [0.15, 0.2) is 0 Å². The molecule has 0 spiro atoms. The van der Waals surface area contributed by atoms with Gasteiger partial charge in [0, 0.05) is 48.7 Å². The number of carbonyl (C=O) groups is 1. The van der Waals surface area contributed by atoms with Crippen LogP contribution in [0, 0.1) is 5.92 Å². The third kappa shape index (κ3) is 4.14. The van der Waals surface area contributed by atoms with Crippen molar-refractivity contribution in [2.45, 2.75) is 44.4 Å². The number of likely N-dealkylation sites (N-methyl/N-ethyl adjacent to an activating group) is 1. The van der Waals surface area contributed by atoms with Crippen LogP contribution in [0.15, 0.2) is 36.4 Å². The zero-order valence-corrected chi connectivity index (χ0v) is 22.4. The zero-order valence-electron chi connectivity index (χ0n) is 21.6. The van der Waals surface area contributed by atoms with Crippen LogP contribution >= 0.6 is 11.6 Å². The van der Waals surface area contributed by atoms with Gasteiger partial charge in [-0.3, -0.25) is 4.79 Å². The molecule has 0 aliphatic carbocycles. The molecule has 198 valence electrons. The van der Waals surface area contributed by atoms with Crippen LogP contribution in [0.3, 0.4) is 0 Å². The van der Waals surface area contributed by atoms with E-state index in [2.05, 4.69) is 46.0 Å². The van der Waals surface area contributed by atoms with Crippen molar-refractivity contribution in [3.63, 3.8) is 0 Å². The summed E-state index contributed by atoms with van der Waals surface area (Å²) in [6.45, 7) is 4.61. The molecule has 7 rings (SSSR count). The number of esters is 1. The van der Waals surface area contributed by atoms with E-state index in [1.807, 2.05) is 12.1 Å². The fourth-order valence-corrected chi connectivity index (χ4v) is 6.75. The van der Waals surface area contributed by atoms with Crippen molar-refractivity contribution < 1.29 is 14.3 Å². The van der Waals surface area contributed by atoms with Crippen molar-refractivity contribution >= 4 is 39.8 Å². The number of rotatable bonds is 5. The van der Waals surface area contributed by atoms with Crippen LogP contribution in [0.5, 0.6) is 6.01 Å². The average Bonchev–Trinajstić information content (AvgIpc) is 3.35. The molecule has 3 fully saturated rings. The summed E-state index contributed by atoms with van der Waals surface area (Å²) < 4.78 is 11.6. The Kier molecular flexibility index (Phi) is 6.04. The number of ether oxygens (including phenoxy) is 2. The molecule has 0 N–H and O–H groups in total. The topological polar surface area (TPSA) is 71.0 Å². The van der Waals surface area contributed by atoms with Crippen molar-refractivity contribution in [1.82, 2.24) is 14.9 Å². The Morgan fingerprint density at radius 1 is 1.08 bits per heavy atom. The second-order valence-corrected chi connectivity index (χ2v) is 11.4. The molecule has 3 aromatic rings. The first-order valence-corrected chi connectivity index (χ1v) is 14.0. The molecule has 9 heteroatoms. The molecule has 3 saturated heterocycles. The monoisotopic (exact) mass is 533 g/mol. The second-order valence-electron chi connectivity index (χ2n) is 10.9. The molecule has 8 nitrogen and oxygen atoms in total. The number of benzene rings is 2. The maximum absolute atomic E-state index is 12.1. The van der Waals surface area contributed by atoms with Gasteiger partial charge in [-0.05, 0) is 50.4 Å². The minimum atomic E-state index is -0.0950. The highest BCUT2D eigenvalue weighted by atomic mass is 35.5. The zero-order chi connectivity index (χ0) is 25.8. The number of aromatic nitrogens is 2. The Morgan fingerprint density at radius 2 is 1.95 bits per heavy atom. The number of piperidine rings is 1. The van der Waals surface area contributed by atoms with Gasteiger partial charge >= 0.3 is 12.0 Å². The molecule has 4 aliphatic rings. The lowest BCUT2D eigenvalue weighted by atomic mass is 9.89. The summed E-state index contributed by atoms with van der Waals surface area (Å²) in [7, 11) is 2.15. The van der Waals surface area contributed by atoms with Crippen molar-refractivity contribution in [2.24, 2.45) is 5.92 Å². The third-order valence-corrected chi connectivity index (χ3v) is 9.01. The highest BCUT2D eigenvalue weighted by molar-refractivity contribution is 6.36. The van der Waals surface area contributed by atoms with Crippen molar-refractivity contribution in [3.05, 3.63) is 52.7 Å². The highest BCUT2D eigenvalue weighted by Crippen LogP contribution is 2.39. The SMILES string of the molecule is CN1CCCC1COc1nc2c(c(N3CCC4OC(=O)C4C3)n1)CCN(c1cccc3cccc(Cl)c13)C2. The van der Waals surface area contributed by atoms with E-state index in [1.165, 1.54) is 6.42 Å². The second kappa shape index (κ2) is 9.58. The van der Waals surface area contributed by atoms with E-state index in [4.69, 9.17) is 31.0 Å². The molecular weight excluding hydrogens is 502 g/mol. The molecule has 3 atom stereocenters. The van der Waals surface area contributed by atoms with Crippen LogP contribution in [0.4, 0.5) is 11.5 Å². The van der Waals surface area contributed by atoms with Gasteiger partial charge in [-0.2, -0.15) is 9.97 Å². The average molecular weight is 534 g/mol. The van der Waals surface area contributed by atoms with Gasteiger partial charge in [-0.25, -0.2) is 0 Å². The lowest BCUT2D eigenvalue weighted by Gasteiger charge is -2.44. The quantitative estimate of drug-likeness (QED) is 0.455. The summed E-state index contributed by atoms with van der Waals surface area (Å²) in [6, 6.07) is 13.2. The molecule has 5 heterocycles. The Hall–Kier alpha value is -3.10. The Bertz CT molecular complexity index is 1390. The van der Waals surface area contributed by atoms with E-state index in [1.54, 1.807) is 0 Å². The van der Waals surface area contributed by atoms with Crippen LogP contribution in [0.25, 0.3) is 10.8 Å². The normalized spacial score (nSPS) is 25.1. The number of nitrogens with zero attached hydrogens (tertiary/aromatic N) is 5. The number of halogens is 1. The summed E-state index contributed by atoms with van der Waals surface area (Å²) in [5.41, 5.74) is 3.26. The maximum atomic E-state index is 12.1. The molecule has 2 aromatic carbocycles. The first kappa shape index (κ1) is 24.0. The predicted octanol–water partition coefficient (Wildman–Crippen LogP) is 4.07. The highest BCUT2D eigenvalue weighted by Gasteiger charge is 2.46. The Morgan fingerprint density at radius 3 is 2.76 bits per heavy atom. The van der Waals surface area contributed by atoms with E-state index in [-0.39, 0.29) is 18.0 Å². The van der Waals surface area contributed by atoms with Gasteiger partial charge in [0.1, 0.15) is 24.4 Å². The molecule has 4 aliphatic heterocycles. The number of anilines is 2. The van der Waals surface area contributed by atoms with Gasteiger partial charge in [-0.15, -0.1) is 0 Å². The van der Waals surface area contributed by atoms with Crippen molar-refractivity contribution in [2.75, 3.05) is 49.6 Å². The van der Waals surface area contributed by atoms with Gasteiger partial charge in [0.25, 0.3) is 0 Å². The third-order valence-electron chi connectivity index (χ3n) is 8.69. The van der Waals surface area contributed by atoms with Crippen LogP contribution in [0.2, 0.25) is 5.02 Å². The van der Waals surface area contributed by atoms with E-state index in [0.29, 0.717) is 31.7 Å². The van der Waals surface area contributed by atoms with Crippen LogP contribution in [-0.4, -0.2) is 72.8 Å². The summed E-state index contributed by atoms with van der Waals surface area (Å²) in [6.07, 6.45) is 4.01. The van der Waals surface area contributed by atoms with Crippen LogP contribution in [-0.2, 0) is 22.5 Å². The maximum Gasteiger partial charge on any atom is 0.318 e. The van der Waals surface area contributed by atoms with Gasteiger partial charge in [-0.1, -0.05) is 35.9 Å². The number of carbonyl (C=O) groups excluding carboxylic acids is 1. The van der Waals surface area contributed by atoms with Crippen molar-refractivity contribution in [3.8, 4) is 6.01 Å². The van der Waals surface area contributed by atoms with Gasteiger partial charge < -0.3 is 24.2 Å². The molecule has 3 unspecified atom stereocenters. The predicted molar refractivity (Wildman–Crippen MR) is 147 cm³/mol. The summed E-state index contributed by atoms with van der Waals surface area (Å²) in [4.78, 5) is 28.9. The standard InChI is InChI=1S/C29H32ClN5O3/c1-33-12-4-7-19(33)17-37-29-31-23-16-34(24-9-3-6-18-5-2-8-22(30)26(18)24)13-10-20(23)27(32-29)35-14-11-25-21(15-35)28(36)38-25/h2-3,5-6,8-9,19,21,25H,4,7,10-17H2,1H3. The molecule has 38 heavy (non-hydrogen) atoms. The number of likely N-dealkylation sites (tertiary alicyclic amines) is 1. The first-order chi connectivity index (χ1) is 18.5. The lowest BCUT2D eigenvalue weighted by Crippen LogP contribution is -2.56. The van der Waals surface area contributed by atoms with Gasteiger partial charge in [0.2, 0.25) is 0 Å². The van der Waals surface area contributed by atoms with Crippen LogP contribution < -0.4 is 14.5 Å². The van der Waals surface area contributed by atoms with Crippen LogP contribution in [0.1, 0.15) is 30.5 Å². The number of hydrogen-bond acceptors (Lipinski definition) is 8. The van der Waals surface area contributed by atoms with Gasteiger partial charge in [0.05, 0.1) is 17.3 Å². The summed E-state index contributed by atoms with van der Waals surface area (Å²) >= 11 is 6.67. The molecule has 0 radical (unpaired) electrons. The Balaban J connectivity index is 1.22. The fraction of sp³-hybridized carbons (Fsp3) is 0.483. The lowest BCUT2D eigenvalue weighted by molar-refractivity contribution is -0.185. The van der Waals surface area contributed by atoms with E-state index < -0.39 is 0 Å². The Labute approximate surface area is 227 Å². The molecule has 0 amide bonds. The largest absolute Gasteiger partial charge is 0.462 e. The number of hydrogen-bond donors (Lipinski definition) is 0. The smallest absolute Gasteiger partial charge is 0.318 e. The summed E-state index contributed by atoms with van der Waals surface area (Å²) in [5.74, 6) is 0.754. The minimum absolute atomic E-state index is 0.0524. The summed E-state index contributed by atoms with van der Waals surface area (Å²) in [5, 5.41) is 2.96. The van der Waals surface area contributed by atoms with E-state index in [9.17, 15) is 4.79 Å². The minimum Gasteiger partial charge on any atom is -0.462 e. The molecule has 0 bridgehead atoms. The van der Waals surface area contributed by atoms with E-state index in [0.717, 1.165) is 77.5 Å². The van der Waals surface area contributed by atoms with Crippen molar-refractivity contribution in [1.29, 1.82) is 0 Å². The fourth-order valence-electron chi connectivity index (χ4n) is 6.48. The molecular formula is C29H32ClN5O3. The molecule has 1 aromatic heterocycles. The van der Waals surface area contributed by atoms with E-state index >= 15 is 0 Å². The number of fused-ring (bicyclic) bond motifs is 3. The first-order valence-electron chi connectivity index (χ1n) is 13.7. The molecule has 0 saturated carbocycles.